The van der Waals surface area contributed by atoms with Crippen LogP contribution in [-0.2, 0) is 14.7 Å². The molecule has 10 rings (SSSR count). The number of aromatic nitrogens is 1. The largest absolute Gasteiger partial charge is 0.494 e. The van der Waals surface area contributed by atoms with Gasteiger partial charge in [-0.15, -0.1) is 0 Å². The molecule has 0 bridgehead atoms. The summed E-state index contributed by atoms with van der Waals surface area (Å²) in [6.07, 6.45) is 0. The van der Waals surface area contributed by atoms with Gasteiger partial charge >= 0.3 is 7.12 Å². The predicted octanol–water partition coefficient (Wildman–Crippen LogP) is 10.8. The minimum absolute atomic E-state index is 0.236. The second-order valence-electron chi connectivity index (χ2n) is 15.6. The highest BCUT2D eigenvalue weighted by atomic mass is 16.7. The number of hydrogen-bond donors (Lipinski definition) is 0. The van der Waals surface area contributed by atoms with Crippen LogP contribution in [0.5, 0.6) is 0 Å². The summed E-state index contributed by atoms with van der Waals surface area (Å²) in [4.78, 5) is 0. The van der Waals surface area contributed by atoms with E-state index in [1.54, 1.807) is 0 Å². The van der Waals surface area contributed by atoms with E-state index in [9.17, 15) is 0 Å². The van der Waals surface area contributed by atoms with Crippen LogP contribution in [-0.4, -0.2) is 22.9 Å². The molecule has 0 saturated carbocycles. The van der Waals surface area contributed by atoms with Crippen molar-refractivity contribution in [3.8, 4) is 16.8 Å². The summed E-state index contributed by atoms with van der Waals surface area (Å²) in [6.45, 7) is 13.3. The maximum atomic E-state index is 6.51. The summed E-state index contributed by atoms with van der Waals surface area (Å²) in [5.41, 5.74) is 8.97. The van der Waals surface area contributed by atoms with E-state index in [0.29, 0.717) is 0 Å². The molecule has 1 aromatic heterocycles. The molecule has 2 aliphatic rings. The van der Waals surface area contributed by atoms with Gasteiger partial charge in [0.2, 0.25) is 0 Å². The van der Waals surface area contributed by atoms with Gasteiger partial charge in [0.25, 0.3) is 0 Å². The van der Waals surface area contributed by atoms with Gasteiger partial charge in [-0.2, -0.15) is 0 Å². The van der Waals surface area contributed by atoms with Crippen LogP contribution in [0, 0.1) is 0 Å². The minimum Gasteiger partial charge on any atom is -0.399 e. The summed E-state index contributed by atoms with van der Waals surface area (Å²) in [7, 11) is -0.429. The van der Waals surface area contributed by atoms with Crippen molar-refractivity contribution in [3.05, 3.63) is 132 Å². The molecule has 0 atom stereocenters. The Morgan fingerprint density at radius 3 is 1.71 bits per heavy atom. The Kier molecular flexibility index (Phi) is 5.71. The molecule has 1 aliphatic carbocycles. The molecule has 2 heterocycles. The van der Waals surface area contributed by atoms with Gasteiger partial charge in [0.05, 0.1) is 22.2 Å². The summed E-state index contributed by atoms with van der Waals surface area (Å²) < 4.78 is 15.5. The Hall–Kier alpha value is -4.90. The monoisotopic (exact) mass is 635 g/mol. The standard InChI is InChI=1S/C45H38BNO2/c1-43(2)39-26-37-32-19-10-8-17-30(32)29-16-7-9-18-31(29)36(37)25-38(39)34-22-23-35-33-20-11-12-21-40(33)47(42(35)41(34)43)28-15-13-14-27(24-28)46-48-44(3,4)45(5,6)49-46/h7-26H,1-6H3. The highest BCUT2D eigenvalue weighted by Gasteiger charge is 2.51. The Morgan fingerprint density at radius 1 is 0.490 bits per heavy atom. The molecule has 1 saturated heterocycles. The fourth-order valence-corrected chi connectivity index (χ4v) is 8.80. The van der Waals surface area contributed by atoms with Crippen molar-refractivity contribution in [1.29, 1.82) is 0 Å². The second-order valence-corrected chi connectivity index (χ2v) is 15.6. The van der Waals surface area contributed by atoms with Crippen LogP contribution in [0.15, 0.2) is 121 Å². The van der Waals surface area contributed by atoms with Crippen LogP contribution >= 0.6 is 0 Å². The number of nitrogens with zero attached hydrogens (tertiary/aromatic N) is 1. The summed E-state index contributed by atoms with van der Waals surface area (Å²) in [6, 6.07) is 45.0. The SMILES string of the molecule is CC1(C)c2cc3c4ccccc4c4ccccc4c3cc2-c2ccc3c4ccccc4n(-c4cccc(B5OC(C)(C)C(C)(C)O5)c4)c3c21. The maximum Gasteiger partial charge on any atom is 0.494 e. The Labute approximate surface area is 287 Å². The molecule has 1 fully saturated rings. The third-order valence-electron chi connectivity index (χ3n) is 12.0. The fourth-order valence-electron chi connectivity index (χ4n) is 8.80. The van der Waals surface area contributed by atoms with Crippen LogP contribution in [0.25, 0.3) is 70.9 Å². The maximum absolute atomic E-state index is 6.51. The van der Waals surface area contributed by atoms with Gasteiger partial charge in [-0.25, -0.2) is 0 Å². The first kappa shape index (κ1) is 29.1. The molecule has 8 aromatic rings. The van der Waals surface area contributed by atoms with Crippen LogP contribution in [0.4, 0.5) is 0 Å². The second kappa shape index (κ2) is 9.62. The topological polar surface area (TPSA) is 23.4 Å². The van der Waals surface area contributed by atoms with E-state index < -0.39 is 18.3 Å². The molecule has 0 radical (unpaired) electrons. The molecule has 49 heavy (non-hydrogen) atoms. The van der Waals surface area contributed by atoms with Crippen molar-refractivity contribution in [2.75, 3.05) is 0 Å². The van der Waals surface area contributed by atoms with E-state index in [4.69, 9.17) is 9.31 Å². The molecule has 3 nitrogen and oxygen atoms in total. The zero-order valence-electron chi connectivity index (χ0n) is 28.9. The molecule has 7 aromatic carbocycles. The van der Waals surface area contributed by atoms with Gasteiger partial charge in [0, 0.05) is 21.9 Å². The molecular weight excluding hydrogens is 597 g/mol. The molecular formula is C45H38BNO2. The van der Waals surface area contributed by atoms with Gasteiger partial charge in [0.15, 0.2) is 0 Å². The summed E-state index contributed by atoms with van der Waals surface area (Å²) >= 11 is 0. The van der Waals surface area contributed by atoms with Crippen molar-refractivity contribution in [1.82, 2.24) is 4.57 Å². The minimum atomic E-state index is -0.429. The quantitative estimate of drug-likeness (QED) is 0.139. The number of para-hydroxylation sites is 1. The van der Waals surface area contributed by atoms with Crippen LogP contribution < -0.4 is 5.46 Å². The predicted molar refractivity (Wildman–Crippen MR) is 207 cm³/mol. The Morgan fingerprint density at radius 2 is 1.06 bits per heavy atom. The van der Waals surface area contributed by atoms with E-state index >= 15 is 0 Å². The summed E-state index contributed by atoms with van der Waals surface area (Å²) in [5, 5.41) is 10.4. The van der Waals surface area contributed by atoms with Crippen molar-refractivity contribution in [2.45, 2.75) is 58.2 Å². The van der Waals surface area contributed by atoms with Gasteiger partial charge in [-0.05, 0) is 118 Å². The van der Waals surface area contributed by atoms with Crippen LogP contribution in [0.3, 0.4) is 0 Å². The zero-order valence-corrected chi connectivity index (χ0v) is 28.9. The zero-order chi connectivity index (χ0) is 33.4. The lowest BCUT2D eigenvalue weighted by atomic mass is 9.79. The van der Waals surface area contributed by atoms with E-state index in [0.717, 1.165) is 11.2 Å². The van der Waals surface area contributed by atoms with Gasteiger partial charge in [-0.3, -0.25) is 0 Å². The molecule has 238 valence electrons. The smallest absolute Gasteiger partial charge is 0.399 e. The molecule has 1 aliphatic heterocycles. The molecule has 4 heteroatoms. The average Bonchev–Trinajstić information content (AvgIpc) is 3.64. The molecule has 0 spiro atoms. The van der Waals surface area contributed by atoms with Crippen LogP contribution in [0.1, 0.15) is 52.7 Å². The number of fused-ring (bicyclic) bond motifs is 13. The van der Waals surface area contributed by atoms with Gasteiger partial charge in [0.1, 0.15) is 0 Å². The first-order chi connectivity index (χ1) is 23.5. The number of rotatable bonds is 2. The highest BCUT2D eigenvalue weighted by Crippen LogP contribution is 2.55. The third-order valence-corrected chi connectivity index (χ3v) is 12.0. The van der Waals surface area contributed by atoms with E-state index in [-0.39, 0.29) is 5.41 Å². The van der Waals surface area contributed by atoms with E-state index in [1.165, 1.54) is 76.4 Å². The lowest BCUT2D eigenvalue weighted by molar-refractivity contribution is 0.00578. The average molecular weight is 636 g/mol. The van der Waals surface area contributed by atoms with Crippen molar-refractivity contribution in [3.63, 3.8) is 0 Å². The Bertz CT molecular complexity index is 2700. The Balaban J connectivity index is 1.26. The van der Waals surface area contributed by atoms with Gasteiger partial charge < -0.3 is 13.9 Å². The van der Waals surface area contributed by atoms with Crippen molar-refractivity contribution >= 4 is 66.7 Å². The van der Waals surface area contributed by atoms with E-state index in [1.807, 2.05) is 0 Å². The van der Waals surface area contributed by atoms with E-state index in [2.05, 4.69) is 167 Å². The highest BCUT2D eigenvalue weighted by molar-refractivity contribution is 6.62. The lowest BCUT2D eigenvalue weighted by Crippen LogP contribution is -2.41. The molecule has 0 amide bonds. The fraction of sp³-hybridized carbons (Fsp3) is 0.200. The van der Waals surface area contributed by atoms with Gasteiger partial charge in [-0.1, -0.05) is 105 Å². The van der Waals surface area contributed by atoms with Crippen molar-refractivity contribution in [2.24, 2.45) is 0 Å². The molecule has 0 N–H and O–H groups in total. The first-order valence-electron chi connectivity index (χ1n) is 17.5. The number of hydrogen-bond acceptors (Lipinski definition) is 2. The first-order valence-corrected chi connectivity index (χ1v) is 17.5. The van der Waals surface area contributed by atoms with Crippen molar-refractivity contribution < 1.29 is 9.31 Å². The third kappa shape index (κ3) is 3.82. The normalized spacial score (nSPS) is 17.5. The summed E-state index contributed by atoms with van der Waals surface area (Å²) in [5.74, 6) is 0. The lowest BCUT2D eigenvalue weighted by Gasteiger charge is -2.32. The molecule has 0 unspecified atom stereocenters. The number of benzene rings is 7. The van der Waals surface area contributed by atoms with Crippen LogP contribution in [0.2, 0.25) is 0 Å².